The van der Waals surface area contributed by atoms with Gasteiger partial charge in [0.05, 0.1) is 51.6 Å². The number of fused-ring (bicyclic) bond motifs is 5. The minimum absolute atomic E-state index is 0. The van der Waals surface area contributed by atoms with E-state index in [1.54, 1.807) is 6.07 Å². The van der Waals surface area contributed by atoms with Crippen LogP contribution in [0.4, 0.5) is 17.1 Å². The summed E-state index contributed by atoms with van der Waals surface area (Å²) >= 11 is 26.8. The summed E-state index contributed by atoms with van der Waals surface area (Å²) in [4.78, 5) is 12.5. The third-order valence-electron chi connectivity index (χ3n) is 19.2. The van der Waals surface area contributed by atoms with Crippen molar-refractivity contribution in [2.24, 2.45) is 11.8 Å². The van der Waals surface area contributed by atoms with Crippen LogP contribution in [0.5, 0.6) is 0 Å². The Morgan fingerprint density at radius 3 is 1.48 bits per heavy atom. The van der Waals surface area contributed by atoms with Crippen LogP contribution in [0.15, 0.2) is 149 Å². The Morgan fingerprint density at radius 1 is 0.566 bits per heavy atom. The largest absolute Gasteiger partial charge is 1.00 e. The van der Waals surface area contributed by atoms with Crippen LogP contribution in [-0.2, 0) is 82.7 Å². The molecular formula is C69H79Cl4KN3Na3O20S6. The number of allylic oxidation sites excluding steroid dienone is 15. The van der Waals surface area contributed by atoms with Crippen molar-refractivity contribution >= 4 is 143 Å². The predicted molar refractivity (Wildman–Crippen MR) is 385 cm³/mol. The zero-order valence-electron chi connectivity index (χ0n) is 61.0. The van der Waals surface area contributed by atoms with Gasteiger partial charge in [-0.3, -0.25) is 4.79 Å². The molecule has 3 aromatic carbocycles. The zero-order valence-corrected chi connectivity index (χ0v) is 78.0. The van der Waals surface area contributed by atoms with Crippen LogP contribution in [0.1, 0.15) is 155 Å². The molecular weight excluding hydrogens is 1630 g/mol. The molecule has 2 atom stereocenters. The first-order valence-electron chi connectivity index (χ1n) is 32.3. The minimum atomic E-state index is -4.72. The Hall–Kier alpha value is -1.13. The Balaban J connectivity index is 0.000000644. The molecule has 37 heteroatoms. The second-order valence-electron chi connectivity index (χ2n) is 26.7. The van der Waals surface area contributed by atoms with Crippen LogP contribution in [0.3, 0.4) is 0 Å². The first-order chi connectivity index (χ1) is 47.4. The topological polar surface area (TPSA) is 378 Å². The van der Waals surface area contributed by atoms with Crippen molar-refractivity contribution in [1.82, 2.24) is 0 Å². The number of benzene rings is 3. The summed E-state index contributed by atoms with van der Waals surface area (Å²) in [5.41, 5.74) is 12.6. The number of halogens is 4. The van der Waals surface area contributed by atoms with E-state index in [1.165, 1.54) is 23.4 Å². The molecule has 1 N–H and O–H groups in total. The number of hydrogen-bond acceptors (Lipinski definition) is 21. The van der Waals surface area contributed by atoms with Crippen molar-refractivity contribution in [2.45, 2.75) is 159 Å². The van der Waals surface area contributed by atoms with E-state index in [0.29, 0.717) is 93.6 Å². The summed E-state index contributed by atoms with van der Waals surface area (Å²) < 4.78 is 190. The molecule has 3 aromatic rings. The fourth-order valence-corrected chi connectivity index (χ4v) is 17.6. The van der Waals surface area contributed by atoms with Gasteiger partial charge in [0.25, 0.3) is 0 Å². The molecule has 0 saturated heterocycles. The number of anilines is 1. The van der Waals surface area contributed by atoms with Gasteiger partial charge in [-0.15, -0.1) is 37.4 Å². The van der Waals surface area contributed by atoms with Crippen molar-refractivity contribution in [3.8, 4) is 0 Å². The molecule has 0 aromatic heterocycles. The molecule has 0 amide bonds. The molecule has 0 saturated carbocycles. The smallest absolute Gasteiger partial charge is 0.748 e. The summed E-state index contributed by atoms with van der Waals surface area (Å²) in [6, 6.07) is 22.3. The van der Waals surface area contributed by atoms with Gasteiger partial charge in [-0.2, -0.15) is 36.4 Å². The van der Waals surface area contributed by atoms with Crippen LogP contribution < -0.4 is 145 Å². The molecule has 10 rings (SSSR count). The summed E-state index contributed by atoms with van der Waals surface area (Å²) in [6.07, 6.45) is 18.7. The molecule has 0 spiro atoms. The predicted octanol–water partition coefficient (Wildman–Crippen LogP) is -0.195. The van der Waals surface area contributed by atoms with Crippen LogP contribution >= 0.6 is 46.4 Å². The molecule has 3 aliphatic heterocycles. The number of aldehydes is 1. The summed E-state index contributed by atoms with van der Waals surface area (Å²) in [5, 5.41) is 11.2. The summed E-state index contributed by atoms with van der Waals surface area (Å²) in [6.45, 7) is 16.2. The molecule has 106 heavy (non-hydrogen) atoms. The maximum absolute atomic E-state index is 12.0. The van der Waals surface area contributed by atoms with Gasteiger partial charge >= 0.3 is 161 Å². The van der Waals surface area contributed by atoms with E-state index in [9.17, 15) is 56.7 Å². The monoisotopic (exact) mass is 1710 g/mol. The normalized spacial score (nSPS) is 20.1. The Kier molecular flexibility index (Phi) is 41.5. The number of unbranched alkanes of at least 4 members (excludes halogenated alkanes) is 3. The molecule has 7 aliphatic rings. The first kappa shape index (κ1) is 101. The van der Waals surface area contributed by atoms with Crippen molar-refractivity contribution < 1.29 is 236 Å². The molecule has 2 unspecified atom stereocenters. The zero-order chi connectivity index (χ0) is 76.3. The molecule has 4 aliphatic carbocycles. The number of carbonyl (C=O) groups is 1. The third kappa shape index (κ3) is 27.3. The van der Waals surface area contributed by atoms with E-state index in [4.69, 9.17) is 76.8 Å². The first-order valence-corrected chi connectivity index (χ1v) is 42.0. The fourth-order valence-electron chi connectivity index (χ4n) is 13.8. The number of nitrogens with zero attached hydrogens (tertiary/aromatic N) is 3. The van der Waals surface area contributed by atoms with Gasteiger partial charge in [-0.1, -0.05) is 111 Å². The standard InChI is InChI=1S/C42H50Cl2N2O9S3.C15H21NO3S.C12H12Cl2O2.K.3Na.2O3S/c1-41(2)32-11-5-6-12-34(32)45(23-7-9-25-56(47,48)49)36(41)21-17-29-15-13-28-14-16-30(40(44)38(28)39(29)43)18-22-37-42(3,4)33-27-31(58(53,54)55)19-20-35(33)46(37)24-8-10-26-57(50,51)52;1-12-15(2,3)13-8-4-5-9-14(13)16(12)10-6-7-11-20(17,18)19;13-11-8(5-15)3-1-7-2-4-9(6-16)12(14)10(7)11;;;;;2*1-4(2)3/h6,11-12,17-22,27-28H,7-10,13-16,23-26H2,1-4H3,(H,47,48,49)(H,50,51,52)(H,53,54,55);5,8-9H,6-7,10-11H2,1-3H3,(H,17,18,19);5-7,15H,1-4H2;;;;;;/q;;;4*+1;;/p-4/b;;8-5+;;;;;;. The Morgan fingerprint density at radius 2 is 1.00 bits per heavy atom. The average Bonchev–Trinajstić information content (AvgIpc) is 1.58. The maximum atomic E-state index is 12.0. The van der Waals surface area contributed by atoms with Crippen LogP contribution in [0.25, 0.3) is 0 Å². The number of hydrogen-bond donors (Lipinski definition) is 1. The van der Waals surface area contributed by atoms with Gasteiger partial charge in [0, 0.05) is 98.5 Å². The van der Waals surface area contributed by atoms with E-state index in [2.05, 4.69) is 62.0 Å². The molecule has 0 bridgehead atoms. The summed E-state index contributed by atoms with van der Waals surface area (Å²) in [5.74, 6) is -0.691. The molecule has 0 radical (unpaired) electrons. The van der Waals surface area contributed by atoms with Crippen molar-refractivity contribution in [2.75, 3.05) is 41.8 Å². The van der Waals surface area contributed by atoms with Crippen LogP contribution in [0.2, 0.25) is 0 Å². The quantitative estimate of drug-likeness (QED) is 0.0291. The van der Waals surface area contributed by atoms with Crippen LogP contribution in [0, 0.1) is 24.0 Å². The molecule has 23 nitrogen and oxygen atoms in total. The van der Waals surface area contributed by atoms with E-state index in [1.807, 2.05) is 73.4 Å². The van der Waals surface area contributed by atoms with Crippen molar-refractivity contribution in [3.05, 3.63) is 173 Å². The number of carbonyl (C=O) groups excluding carboxylic acids is 1. The van der Waals surface area contributed by atoms with Gasteiger partial charge in [0.1, 0.15) is 40.9 Å². The van der Waals surface area contributed by atoms with Crippen LogP contribution in [-0.4, -0.2) is 146 Å². The van der Waals surface area contributed by atoms with E-state index >= 15 is 0 Å². The van der Waals surface area contributed by atoms with Gasteiger partial charge < -0.3 is 28.2 Å². The van der Waals surface area contributed by atoms with Crippen molar-refractivity contribution in [3.63, 3.8) is 0 Å². The second kappa shape index (κ2) is 43.5. The SMILES string of the molecule is CC1(C)C(/C=C/C2=C(Cl)C3=C(Cl)/C(=C/C=C4/N(CCCCS(=O)(=O)[O-])c5ccc(S(=O)(=O)[O-])cc5C4(C)C)CCC3CC2)=[N+](CCCCS(=O)(=O)[O-])c2cc[c-]cc21.CC1=[N+](CCCCS(=O)(=O)[O-])c2cc[c-]cc2C1(C)C.O=CC1=C(Cl)C2=C(Cl)/C(=C/O)CCC2CC1.O=S(=O)=O.O=S(=O)=O.[K+].[Na+].[Na+].[Na+]. The number of rotatable bonds is 20. The van der Waals surface area contributed by atoms with E-state index < -0.39 is 78.6 Å². The molecule has 558 valence electrons. The summed E-state index contributed by atoms with van der Waals surface area (Å²) in [7, 11) is -23.7. The van der Waals surface area contributed by atoms with Gasteiger partial charge in [0.15, 0.2) is 11.4 Å². The second-order valence-corrected chi connectivity index (χ2v) is 34.9. The number of aliphatic hydroxyl groups excluding tert-OH is 1. The van der Waals surface area contributed by atoms with Gasteiger partial charge in [0.2, 0.25) is 0 Å². The Labute approximate surface area is 754 Å². The third-order valence-corrected chi connectivity index (χ3v) is 24.2. The fraction of sp³-hybridized carbons (Fsp3) is 0.464. The van der Waals surface area contributed by atoms with E-state index in [-0.39, 0.29) is 180 Å². The maximum Gasteiger partial charge on any atom is 1.00 e. The Bertz CT molecular complexity index is 4810. The van der Waals surface area contributed by atoms with Gasteiger partial charge in [-0.05, 0) is 141 Å². The molecule has 3 heterocycles. The molecule has 0 fully saturated rings. The van der Waals surface area contributed by atoms with Gasteiger partial charge in [-0.25, -0.2) is 42.8 Å². The minimum Gasteiger partial charge on any atom is -0.748 e. The number of aliphatic hydroxyl groups is 1. The average molecular weight is 1710 g/mol. The van der Waals surface area contributed by atoms with Crippen molar-refractivity contribution in [1.29, 1.82) is 0 Å². The van der Waals surface area contributed by atoms with E-state index in [0.717, 1.165) is 115 Å².